The van der Waals surface area contributed by atoms with Crippen LogP contribution in [0.15, 0.2) is 36.7 Å². The molecule has 8 nitrogen and oxygen atoms in total. The van der Waals surface area contributed by atoms with E-state index in [9.17, 15) is 4.39 Å². The molecule has 2 aromatic carbocycles. The van der Waals surface area contributed by atoms with Crippen molar-refractivity contribution in [3.8, 4) is 11.5 Å². The number of anilines is 2. The zero-order valence-electron chi connectivity index (χ0n) is 21.9. The number of nitrogens with zero attached hydrogens (tertiary/aromatic N) is 3. The van der Waals surface area contributed by atoms with Gasteiger partial charge in [-0.05, 0) is 37.1 Å². The number of nitrogens with one attached hydrogen (secondary N) is 1. The summed E-state index contributed by atoms with van der Waals surface area (Å²) in [6.07, 6.45) is 3.74. The summed E-state index contributed by atoms with van der Waals surface area (Å²) in [5.41, 5.74) is 1.45. The van der Waals surface area contributed by atoms with Crippen molar-refractivity contribution in [1.29, 1.82) is 0 Å². The molecule has 1 saturated carbocycles. The van der Waals surface area contributed by atoms with Crippen molar-refractivity contribution < 1.29 is 23.3 Å². The van der Waals surface area contributed by atoms with Crippen LogP contribution in [-0.4, -0.2) is 67.2 Å². The first-order valence-corrected chi connectivity index (χ1v) is 13.3. The Balaban J connectivity index is 1.16. The monoisotopic (exact) mass is 542 g/mol. The number of methoxy groups -OCH3 is 1. The molecule has 0 bridgehead atoms. The van der Waals surface area contributed by atoms with Gasteiger partial charge in [-0.25, -0.2) is 14.4 Å². The molecule has 10 heteroatoms. The summed E-state index contributed by atoms with van der Waals surface area (Å²) >= 11 is 5.95. The zero-order chi connectivity index (χ0) is 26.5. The molecule has 1 N–H and O–H groups in total. The predicted molar refractivity (Wildman–Crippen MR) is 143 cm³/mol. The van der Waals surface area contributed by atoms with Crippen molar-refractivity contribution >= 4 is 34.0 Å². The molecule has 0 amide bonds. The van der Waals surface area contributed by atoms with Crippen LogP contribution in [0.4, 0.5) is 15.9 Å². The van der Waals surface area contributed by atoms with Gasteiger partial charge in [0, 0.05) is 41.1 Å². The highest BCUT2D eigenvalue weighted by Gasteiger charge is 2.68. The quantitative estimate of drug-likeness (QED) is 0.424. The molecule has 3 aliphatic rings. The molecule has 2 aliphatic heterocycles. The number of likely N-dealkylation sites (tertiary alicyclic amines) is 1. The highest BCUT2D eigenvalue weighted by atomic mass is 35.5. The van der Waals surface area contributed by atoms with Crippen LogP contribution in [0.25, 0.3) is 10.9 Å². The lowest BCUT2D eigenvalue weighted by molar-refractivity contribution is -0.314. The van der Waals surface area contributed by atoms with E-state index < -0.39 is 11.6 Å². The molecule has 0 atom stereocenters. The Labute approximate surface area is 226 Å². The summed E-state index contributed by atoms with van der Waals surface area (Å²) < 4.78 is 38.2. The van der Waals surface area contributed by atoms with Crippen LogP contribution in [0.2, 0.25) is 5.02 Å². The molecule has 6 rings (SSSR count). The van der Waals surface area contributed by atoms with Crippen LogP contribution in [0.5, 0.6) is 11.5 Å². The van der Waals surface area contributed by atoms with Crippen molar-refractivity contribution in [2.75, 3.05) is 51.9 Å². The summed E-state index contributed by atoms with van der Waals surface area (Å²) in [6, 6.07) is 8.12. The number of aromatic nitrogens is 2. The number of hydrogen-bond donors (Lipinski definition) is 1. The first-order chi connectivity index (χ1) is 18.2. The van der Waals surface area contributed by atoms with E-state index in [-0.39, 0.29) is 15.9 Å². The summed E-state index contributed by atoms with van der Waals surface area (Å²) in [5.74, 6) is 0.760. The number of halogens is 2. The lowest BCUT2D eigenvalue weighted by atomic mass is 9.91. The van der Waals surface area contributed by atoms with E-state index in [4.69, 9.17) is 30.5 Å². The van der Waals surface area contributed by atoms with Gasteiger partial charge in [-0.15, -0.1) is 0 Å². The highest BCUT2D eigenvalue weighted by molar-refractivity contribution is 6.31. The van der Waals surface area contributed by atoms with Crippen molar-refractivity contribution in [2.24, 2.45) is 10.8 Å². The first-order valence-electron chi connectivity index (χ1n) is 12.9. The lowest BCUT2D eigenvalue weighted by Gasteiger charge is -2.44. The first kappa shape index (κ1) is 25.6. The van der Waals surface area contributed by atoms with E-state index in [1.54, 1.807) is 13.2 Å². The maximum atomic E-state index is 13.6. The summed E-state index contributed by atoms with van der Waals surface area (Å²) in [5, 5.41) is 3.97. The van der Waals surface area contributed by atoms with Crippen molar-refractivity contribution in [2.45, 2.75) is 32.5 Å². The Morgan fingerprint density at radius 1 is 1.08 bits per heavy atom. The number of fused-ring (bicyclic) bond motifs is 2. The highest BCUT2D eigenvalue weighted by Crippen LogP contribution is 2.61. The van der Waals surface area contributed by atoms with Gasteiger partial charge in [-0.2, -0.15) is 0 Å². The fraction of sp³-hybridized carbons (Fsp3) is 0.500. The Bertz CT molecular complexity index is 1360. The minimum Gasteiger partial charge on any atom is -0.493 e. The predicted octanol–water partition coefficient (Wildman–Crippen LogP) is 5.42. The second kappa shape index (κ2) is 9.48. The van der Waals surface area contributed by atoms with E-state index >= 15 is 0 Å². The smallest absolute Gasteiger partial charge is 0.187 e. The fourth-order valence-electron chi connectivity index (χ4n) is 5.45. The third kappa shape index (κ3) is 4.66. The van der Waals surface area contributed by atoms with Gasteiger partial charge in [-0.3, -0.25) is 4.90 Å². The summed E-state index contributed by atoms with van der Waals surface area (Å²) in [4.78, 5) is 11.1. The van der Waals surface area contributed by atoms with E-state index in [2.05, 4.69) is 34.0 Å². The van der Waals surface area contributed by atoms with Crippen LogP contribution < -0.4 is 14.8 Å². The van der Waals surface area contributed by atoms with Crippen LogP contribution in [0.3, 0.4) is 0 Å². The van der Waals surface area contributed by atoms with Gasteiger partial charge in [-0.1, -0.05) is 25.4 Å². The van der Waals surface area contributed by atoms with E-state index in [1.165, 1.54) is 18.5 Å². The van der Waals surface area contributed by atoms with E-state index in [0.29, 0.717) is 35.1 Å². The van der Waals surface area contributed by atoms with Gasteiger partial charge in [0.05, 0.1) is 37.4 Å². The van der Waals surface area contributed by atoms with Crippen LogP contribution in [0, 0.1) is 16.6 Å². The number of benzene rings is 2. The van der Waals surface area contributed by atoms with Gasteiger partial charge in [0.2, 0.25) is 0 Å². The maximum Gasteiger partial charge on any atom is 0.187 e. The molecular formula is C28H32ClFN4O4. The van der Waals surface area contributed by atoms with Crippen molar-refractivity contribution in [1.82, 2.24) is 14.9 Å². The Hall–Kier alpha value is -2.72. The van der Waals surface area contributed by atoms with Crippen LogP contribution in [0.1, 0.15) is 26.7 Å². The standard InChI is InChI=1S/C28H32ClFN4O4/c1-26(2)15-37-28(38-16-26)14-34(13-27(28)6-7-27)8-9-36-24-11-19-22(12-23(24)35-3)31-17-32-25(19)33-18-4-5-21(30)20(29)10-18/h4-5,10-12,17H,6-9,13-16H2,1-3H3,(H,31,32,33). The molecule has 2 saturated heterocycles. The average molecular weight is 543 g/mol. The van der Waals surface area contributed by atoms with Gasteiger partial charge in [0.15, 0.2) is 17.3 Å². The number of hydrogen-bond acceptors (Lipinski definition) is 8. The third-order valence-corrected chi connectivity index (χ3v) is 8.07. The van der Waals surface area contributed by atoms with Gasteiger partial charge < -0.3 is 24.3 Å². The molecule has 3 aromatic rings. The number of ether oxygens (including phenoxy) is 4. The topological polar surface area (TPSA) is 78.0 Å². The third-order valence-electron chi connectivity index (χ3n) is 7.78. The molecule has 202 valence electrons. The largest absolute Gasteiger partial charge is 0.493 e. The molecular weight excluding hydrogens is 511 g/mol. The Kier molecular flexibility index (Phi) is 6.38. The molecule has 1 aliphatic carbocycles. The Morgan fingerprint density at radius 3 is 2.58 bits per heavy atom. The lowest BCUT2D eigenvalue weighted by Crippen LogP contribution is -2.53. The van der Waals surface area contributed by atoms with E-state index in [1.807, 2.05) is 12.1 Å². The average Bonchev–Trinajstić information content (AvgIpc) is 3.62. The number of rotatable bonds is 7. The summed E-state index contributed by atoms with van der Waals surface area (Å²) in [7, 11) is 1.61. The second-order valence-electron chi connectivity index (χ2n) is 11.3. The van der Waals surface area contributed by atoms with Crippen LogP contribution in [-0.2, 0) is 9.47 Å². The minimum atomic E-state index is -0.496. The van der Waals surface area contributed by atoms with Gasteiger partial charge in [0.25, 0.3) is 0 Å². The van der Waals surface area contributed by atoms with E-state index in [0.717, 1.165) is 51.1 Å². The molecule has 0 unspecified atom stereocenters. The zero-order valence-corrected chi connectivity index (χ0v) is 22.6. The van der Waals surface area contributed by atoms with Gasteiger partial charge >= 0.3 is 0 Å². The minimum absolute atomic E-state index is 0.0310. The van der Waals surface area contributed by atoms with Crippen molar-refractivity contribution in [3.05, 3.63) is 47.5 Å². The fourth-order valence-corrected chi connectivity index (χ4v) is 5.63. The molecule has 1 aromatic heterocycles. The maximum absolute atomic E-state index is 13.6. The summed E-state index contributed by atoms with van der Waals surface area (Å²) in [6.45, 7) is 8.72. The molecule has 0 radical (unpaired) electrons. The molecule has 38 heavy (non-hydrogen) atoms. The Morgan fingerprint density at radius 2 is 1.87 bits per heavy atom. The normalized spacial score (nSPS) is 21.2. The molecule has 3 heterocycles. The second-order valence-corrected chi connectivity index (χ2v) is 11.7. The molecule has 2 spiro atoms. The van der Waals surface area contributed by atoms with Crippen LogP contribution >= 0.6 is 11.6 Å². The molecule has 3 fully saturated rings. The van der Waals surface area contributed by atoms with Gasteiger partial charge in [0.1, 0.15) is 24.6 Å². The van der Waals surface area contributed by atoms with Crippen molar-refractivity contribution in [3.63, 3.8) is 0 Å². The SMILES string of the molecule is COc1cc2ncnc(Nc3ccc(F)c(Cl)c3)c2cc1OCCN1CC2(CC2)C2(C1)OCC(C)(C)CO2.